The van der Waals surface area contributed by atoms with Crippen LogP contribution in [0.4, 0.5) is 5.13 Å². The zero-order valence-electron chi connectivity index (χ0n) is 12.4. The van der Waals surface area contributed by atoms with Crippen molar-refractivity contribution in [2.75, 3.05) is 5.32 Å². The van der Waals surface area contributed by atoms with Crippen LogP contribution in [-0.2, 0) is 0 Å². The van der Waals surface area contributed by atoms with Crippen LogP contribution in [0.25, 0.3) is 21.2 Å². The summed E-state index contributed by atoms with van der Waals surface area (Å²) in [5.41, 5.74) is 2.04. The first-order valence-corrected chi connectivity index (χ1v) is 8.65. The van der Waals surface area contributed by atoms with E-state index in [4.69, 9.17) is 27.6 Å². The number of hydrogen-bond donors (Lipinski definition) is 1. The molecule has 1 amide bonds. The Balaban J connectivity index is 1.70. The lowest BCUT2D eigenvalue weighted by atomic mass is 10.1. The average Bonchev–Trinajstić information content (AvgIpc) is 3.09. The van der Waals surface area contributed by atoms with E-state index in [1.807, 2.05) is 31.2 Å². The topological polar surface area (TPSA) is 55.1 Å². The minimum absolute atomic E-state index is 0.232. The van der Waals surface area contributed by atoms with Gasteiger partial charge in [0, 0.05) is 16.0 Å². The Labute approximate surface area is 151 Å². The summed E-state index contributed by atoms with van der Waals surface area (Å²) < 4.78 is 6.57. The van der Waals surface area contributed by atoms with Gasteiger partial charge in [0.15, 0.2) is 16.5 Å². The third kappa shape index (κ3) is 2.55. The molecule has 0 aliphatic heterocycles. The number of rotatable bonds is 2. The number of anilines is 1. The van der Waals surface area contributed by atoms with Crippen molar-refractivity contribution in [2.24, 2.45) is 0 Å². The Morgan fingerprint density at radius 2 is 2.08 bits per heavy atom. The lowest BCUT2D eigenvalue weighted by Crippen LogP contribution is -2.11. The van der Waals surface area contributed by atoms with E-state index in [9.17, 15) is 4.79 Å². The predicted octanol–water partition coefficient (Wildman–Crippen LogP) is 5.91. The fraction of sp³-hybridized carbons (Fsp3) is 0.0588. The van der Waals surface area contributed by atoms with Crippen LogP contribution >= 0.6 is 34.5 Å². The number of carbonyl (C=O) groups excluding carboxylic acids is 1. The number of nitrogens with zero attached hydrogens (tertiary/aromatic N) is 1. The lowest BCUT2D eigenvalue weighted by molar-refractivity contribution is 0.0998. The van der Waals surface area contributed by atoms with E-state index >= 15 is 0 Å². The Kier molecular flexibility index (Phi) is 3.72. The zero-order valence-corrected chi connectivity index (χ0v) is 14.7. The van der Waals surface area contributed by atoms with Gasteiger partial charge in [-0.25, -0.2) is 4.98 Å². The molecule has 0 fully saturated rings. The number of amides is 1. The summed E-state index contributed by atoms with van der Waals surface area (Å²) in [5.74, 6) is -0.125. The third-order valence-electron chi connectivity index (χ3n) is 3.69. The minimum Gasteiger partial charge on any atom is -0.449 e. The van der Waals surface area contributed by atoms with E-state index in [0.29, 0.717) is 20.8 Å². The molecular formula is C17H10Cl2N2O2S. The number of carbonyl (C=O) groups is 1. The number of para-hydroxylation sites is 1. The number of fused-ring (bicyclic) bond motifs is 2. The van der Waals surface area contributed by atoms with Crippen molar-refractivity contribution in [1.29, 1.82) is 0 Å². The van der Waals surface area contributed by atoms with Crippen molar-refractivity contribution in [3.8, 4) is 0 Å². The summed E-state index contributed by atoms with van der Waals surface area (Å²) >= 11 is 13.5. The number of nitrogens with one attached hydrogen (secondary N) is 1. The van der Waals surface area contributed by atoms with Crippen LogP contribution in [0.2, 0.25) is 10.0 Å². The van der Waals surface area contributed by atoms with Gasteiger partial charge in [-0.05, 0) is 31.2 Å². The van der Waals surface area contributed by atoms with E-state index in [2.05, 4.69) is 10.3 Å². The van der Waals surface area contributed by atoms with E-state index in [0.717, 1.165) is 21.2 Å². The molecule has 0 aliphatic carbocycles. The second kappa shape index (κ2) is 5.77. The van der Waals surface area contributed by atoms with Gasteiger partial charge in [-0.3, -0.25) is 10.1 Å². The van der Waals surface area contributed by atoms with E-state index < -0.39 is 0 Å². The normalized spacial score (nSPS) is 11.3. The van der Waals surface area contributed by atoms with Crippen molar-refractivity contribution in [3.05, 3.63) is 57.8 Å². The molecule has 120 valence electrons. The highest BCUT2D eigenvalue weighted by atomic mass is 35.5. The smallest absolute Gasteiger partial charge is 0.293 e. The molecule has 4 nitrogen and oxygen atoms in total. The first-order valence-electron chi connectivity index (χ1n) is 7.08. The number of benzene rings is 2. The standard InChI is InChI=1S/C17H10Cl2N2O2S/c1-8-10-3-2-4-11(19)15(10)23-14(8)16(22)21-17-20-12-6-5-9(18)7-13(12)24-17/h2-7H,1H3,(H,20,21,22). The Bertz CT molecular complexity index is 1100. The maximum Gasteiger partial charge on any atom is 0.293 e. The number of hydrogen-bond acceptors (Lipinski definition) is 4. The summed E-state index contributed by atoms with van der Waals surface area (Å²) in [6.07, 6.45) is 0. The average molecular weight is 377 g/mol. The van der Waals surface area contributed by atoms with Crippen LogP contribution in [0.15, 0.2) is 40.8 Å². The number of aryl methyl sites for hydroxylation is 1. The summed E-state index contributed by atoms with van der Waals surface area (Å²) in [5, 5.41) is 5.20. The minimum atomic E-state index is -0.357. The Morgan fingerprint density at radius 1 is 1.25 bits per heavy atom. The van der Waals surface area contributed by atoms with Gasteiger partial charge in [-0.15, -0.1) is 0 Å². The lowest BCUT2D eigenvalue weighted by Gasteiger charge is -1.98. The van der Waals surface area contributed by atoms with Crippen molar-refractivity contribution in [3.63, 3.8) is 0 Å². The Morgan fingerprint density at radius 3 is 2.88 bits per heavy atom. The quantitative estimate of drug-likeness (QED) is 0.472. The van der Waals surface area contributed by atoms with Gasteiger partial charge in [-0.1, -0.05) is 46.7 Å². The van der Waals surface area contributed by atoms with Crippen molar-refractivity contribution < 1.29 is 9.21 Å². The van der Waals surface area contributed by atoms with Crippen LogP contribution in [-0.4, -0.2) is 10.9 Å². The van der Waals surface area contributed by atoms with Gasteiger partial charge < -0.3 is 4.42 Å². The van der Waals surface area contributed by atoms with Crippen molar-refractivity contribution in [1.82, 2.24) is 4.98 Å². The number of furan rings is 1. The molecule has 1 N–H and O–H groups in total. The van der Waals surface area contributed by atoms with Crippen molar-refractivity contribution in [2.45, 2.75) is 6.92 Å². The summed E-state index contributed by atoms with van der Waals surface area (Å²) in [6.45, 7) is 1.83. The SMILES string of the molecule is Cc1c(C(=O)Nc2nc3ccc(Cl)cc3s2)oc2c(Cl)cccc12. The molecule has 4 rings (SSSR count). The van der Waals surface area contributed by atoms with Gasteiger partial charge in [0.1, 0.15) is 0 Å². The third-order valence-corrected chi connectivity index (χ3v) is 5.16. The molecule has 0 radical (unpaired) electrons. The monoisotopic (exact) mass is 376 g/mol. The zero-order chi connectivity index (χ0) is 16.8. The van der Waals surface area contributed by atoms with E-state index in [1.54, 1.807) is 12.1 Å². The number of thiazole rings is 1. The van der Waals surface area contributed by atoms with Gasteiger partial charge >= 0.3 is 0 Å². The molecule has 4 aromatic rings. The summed E-state index contributed by atoms with van der Waals surface area (Å²) in [6, 6.07) is 10.8. The molecule has 7 heteroatoms. The van der Waals surface area contributed by atoms with Gasteiger partial charge in [0.05, 0.1) is 15.2 Å². The highest BCUT2D eigenvalue weighted by molar-refractivity contribution is 7.22. The highest BCUT2D eigenvalue weighted by Gasteiger charge is 2.20. The summed E-state index contributed by atoms with van der Waals surface area (Å²) in [7, 11) is 0. The molecule has 0 unspecified atom stereocenters. The van der Waals surface area contributed by atoms with Crippen LogP contribution in [0.1, 0.15) is 16.1 Å². The predicted molar refractivity (Wildman–Crippen MR) is 98.5 cm³/mol. The molecule has 0 saturated heterocycles. The van der Waals surface area contributed by atoms with Crippen LogP contribution < -0.4 is 5.32 Å². The number of halogens is 2. The summed E-state index contributed by atoms with van der Waals surface area (Å²) in [4.78, 5) is 16.9. The molecule has 0 spiro atoms. The fourth-order valence-electron chi connectivity index (χ4n) is 2.53. The van der Waals surface area contributed by atoms with E-state index in [1.165, 1.54) is 11.3 Å². The second-order valence-corrected chi connectivity index (χ2v) is 7.13. The van der Waals surface area contributed by atoms with Crippen LogP contribution in [0, 0.1) is 6.92 Å². The first-order chi connectivity index (χ1) is 11.5. The van der Waals surface area contributed by atoms with Crippen LogP contribution in [0.5, 0.6) is 0 Å². The molecular weight excluding hydrogens is 367 g/mol. The number of aromatic nitrogens is 1. The maximum atomic E-state index is 12.6. The molecule has 2 aromatic carbocycles. The first kappa shape index (κ1) is 15.4. The molecule has 0 bridgehead atoms. The highest BCUT2D eigenvalue weighted by Crippen LogP contribution is 2.32. The molecule has 0 saturated carbocycles. The van der Waals surface area contributed by atoms with Crippen molar-refractivity contribution >= 4 is 66.8 Å². The maximum absolute atomic E-state index is 12.6. The molecule has 2 heterocycles. The molecule has 2 aromatic heterocycles. The molecule has 0 aliphatic rings. The van der Waals surface area contributed by atoms with Gasteiger partial charge in [0.25, 0.3) is 5.91 Å². The van der Waals surface area contributed by atoms with Crippen LogP contribution in [0.3, 0.4) is 0 Å². The molecule has 0 atom stereocenters. The largest absolute Gasteiger partial charge is 0.449 e. The van der Waals surface area contributed by atoms with Gasteiger partial charge in [0.2, 0.25) is 0 Å². The molecule has 24 heavy (non-hydrogen) atoms. The van der Waals surface area contributed by atoms with E-state index in [-0.39, 0.29) is 11.7 Å². The Hall–Kier alpha value is -2.08. The fourth-order valence-corrected chi connectivity index (χ4v) is 3.88. The van der Waals surface area contributed by atoms with Gasteiger partial charge in [-0.2, -0.15) is 0 Å². The second-order valence-electron chi connectivity index (χ2n) is 5.26.